The molecule has 1 aliphatic carbocycles. The SMILES string of the molecule is O=S(=O)(c1nc2n(n1)[C@H](c1cccc(F)c1)C[C@@H]2F)C1CC(O)C1. The highest BCUT2D eigenvalue weighted by molar-refractivity contribution is 7.91. The number of sulfone groups is 1. The second-order valence-electron chi connectivity index (χ2n) is 6.26. The third-order valence-electron chi connectivity index (χ3n) is 4.64. The smallest absolute Gasteiger partial charge is 0.267 e. The summed E-state index contributed by atoms with van der Waals surface area (Å²) >= 11 is 0. The van der Waals surface area contributed by atoms with Crippen molar-refractivity contribution < 1.29 is 22.3 Å². The summed E-state index contributed by atoms with van der Waals surface area (Å²) < 4.78 is 53.8. The first kappa shape index (κ1) is 15.6. The van der Waals surface area contributed by atoms with Crippen molar-refractivity contribution in [3.05, 3.63) is 41.5 Å². The van der Waals surface area contributed by atoms with Crippen molar-refractivity contribution in [1.29, 1.82) is 0 Å². The van der Waals surface area contributed by atoms with Crippen LogP contribution >= 0.6 is 0 Å². The second kappa shape index (κ2) is 5.32. The Hall–Kier alpha value is -1.87. The molecule has 6 nitrogen and oxygen atoms in total. The Morgan fingerprint density at radius 2 is 2.00 bits per heavy atom. The molecule has 0 spiro atoms. The molecule has 0 amide bonds. The molecule has 1 N–H and O–H groups in total. The highest BCUT2D eigenvalue weighted by Crippen LogP contribution is 2.40. The summed E-state index contributed by atoms with van der Waals surface area (Å²) in [6.45, 7) is 0. The molecule has 2 atom stereocenters. The molecule has 1 aromatic carbocycles. The first-order valence-corrected chi connectivity index (χ1v) is 9.19. The van der Waals surface area contributed by atoms with Gasteiger partial charge in [-0.1, -0.05) is 12.1 Å². The van der Waals surface area contributed by atoms with Gasteiger partial charge >= 0.3 is 0 Å². The van der Waals surface area contributed by atoms with Gasteiger partial charge in [-0.2, -0.15) is 4.98 Å². The van der Waals surface area contributed by atoms with E-state index in [-0.39, 0.29) is 25.1 Å². The van der Waals surface area contributed by atoms with Crippen LogP contribution in [0.2, 0.25) is 0 Å². The molecular formula is C15H15F2N3O3S. The predicted molar refractivity (Wildman–Crippen MR) is 79.2 cm³/mol. The fraction of sp³-hybridized carbons (Fsp3) is 0.467. The minimum absolute atomic E-state index is 0.0429. The first-order chi connectivity index (χ1) is 11.4. The Labute approximate surface area is 137 Å². The molecule has 1 aliphatic heterocycles. The Balaban J connectivity index is 1.71. The van der Waals surface area contributed by atoms with Gasteiger partial charge < -0.3 is 5.11 Å². The van der Waals surface area contributed by atoms with Gasteiger partial charge in [-0.25, -0.2) is 21.9 Å². The van der Waals surface area contributed by atoms with Crippen LogP contribution in [0.5, 0.6) is 0 Å². The van der Waals surface area contributed by atoms with Crippen LogP contribution in [0, 0.1) is 5.82 Å². The van der Waals surface area contributed by atoms with Gasteiger partial charge in [0.05, 0.1) is 17.4 Å². The number of aliphatic hydroxyl groups is 1. The van der Waals surface area contributed by atoms with Crippen molar-refractivity contribution in [1.82, 2.24) is 14.8 Å². The molecule has 2 heterocycles. The molecule has 0 saturated heterocycles. The van der Waals surface area contributed by atoms with E-state index in [2.05, 4.69) is 10.1 Å². The third-order valence-corrected chi connectivity index (χ3v) is 6.58. The van der Waals surface area contributed by atoms with E-state index in [0.29, 0.717) is 5.56 Å². The van der Waals surface area contributed by atoms with Gasteiger partial charge in [0.25, 0.3) is 5.16 Å². The second-order valence-corrected chi connectivity index (χ2v) is 8.39. The van der Waals surface area contributed by atoms with Crippen molar-refractivity contribution in [3.63, 3.8) is 0 Å². The number of alkyl halides is 1. The summed E-state index contributed by atoms with van der Waals surface area (Å²) in [6.07, 6.45) is -1.77. The summed E-state index contributed by atoms with van der Waals surface area (Å²) in [6, 6.07) is 5.14. The molecule has 2 aliphatic rings. The highest BCUT2D eigenvalue weighted by Gasteiger charge is 2.43. The van der Waals surface area contributed by atoms with Crippen LogP contribution in [0.15, 0.2) is 29.4 Å². The Morgan fingerprint density at radius 1 is 1.25 bits per heavy atom. The van der Waals surface area contributed by atoms with Crippen LogP contribution in [-0.4, -0.2) is 39.6 Å². The summed E-state index contributed by atoms with van der Waals surface area (Å²) in [7, 11) is -3.79. The van der Waals surface area contributed by atoms with E-state index in [4.69, 9.17) is 0 Å². The lowest BCUT2D eigenvalue weighted by atomic mass is 9.96. The summed E-state index contributed by atoms with van der Waals surface area (Å²) in [5.41, 5.74) is 0.518. The summed E-state index contributed by atoms with van der Waals surface area (Å²) in [4.78, 5) is 3.88. The van der Waals surface area contributed by atoms with Crippen molar-refractivity contribution in [3.8, 4) is 0 Å². The molecule has 24 heavy (non-hydrogen) atoms. The number of benzene rings is 1. The van der Waals surface area contributed by atoms with Crippen LogP contribution in [0.3, 0.4) is 0 Å². The standard InChI is InChI=1S/C15H15F2N3O3S/c16-9-3-1-2-8(4-9)13-7-12(17)14-18-15(19-20(13)14)24(22,23)11-5-10(21)6-11/h1-4,10-13,21H,5-7H2/t10?,11?,12-,13-/m0/s1. The maximum Gasteiger partial charge on any atom is 0.267 e. The predicted octanol–water partition coefficient (Wildman–Crippen LogP) is 1.72. The van der Waals surface area contributed by atoms with E-state index >= 15 is 0 Å². The molecule has 0 bridgehead atoms. The number of fused-ring (bicyclic) bond motifs is 1. The maximum atomic E-state index is 14.3. The van der Waals surface area contributed by atoms with Gasteiger partial charge in [0.2, 0.25) is 9.84 Å². The minimum atomic E-state index is -3.79. The lowest BCUT2D eigenvalue weighted by Crippen LogP contribution is -2.39. The van der Waals surface area contributed by atoms with Gasteiger partial charge in [0, 0.05) is 6.42 Å². The third kappa shape index (κ3) is 2.34. The Kier molecular flexibility index (Phi) is 3.47. The van der Waals surface area contributed by atoms with Crippen LogP contribution in [0.25, 0.3) is 0 Å². The van der Waals surface area contributed by atoms with Crippen molar-refractivity contribution in [2.75, 3.05) is 0 Å². The Bertz CT molecular complexity index is 893. The van der Waals surface area contributed by atoms with Crippen LogP contribution in [0.4, 0.5) is 8.78 Å². The van der Waals surface area contributed by atoms with Gasteiger partial charge in [0.1, 0.15) is 5.82 Å². The van der Waals surface area contributed by atoms with E-state index in [1.807, 2.05) is 0 Å². The van der Waals surface area contributed by atoms with E-state index in [1.54, 1.807) is 6.07 Å². The molecule has 4 rings (SSSR count). The van der Waals surface area contributed by atoms with Gasteiger partial charge in [0.15, 0.2) is 12.0 Å². The lowest BCUT2D eigenvalue weighted by molar-refractivity contribution is 0.0975. The number of aromatic nitrogens is 3. The van der Waals surface area contributed by atoms with E-state index in [9.17, 15) is 22.3 Å². The van der Waals surface area contributed by atoms with Crippen molar-refractivity contribution in [2.45, 2.75) is 48.0 Å². The summed E-state index contributed by atoms with van der Waals surface area (Å²) in [5.74, 6) is -0.504. The molecule has 0 unspecified atom stereocenters. The number of aliphatic hydroxyl groups excluding tert-OH is 1. The fourth-order valence-electron chi connectivity index (χ4n) is 3.21. The van der Waals surface area contributed by atoms with Gasteiger partial charge in [-0.15, -0.1) is 5.10 Å². The molecule has 1 saturated carbocycles. The molecule has 1 fully saturated rings. The summed E-state index contributed by atoms with van der Waals surface area (Å²) in [5, 5.41) is 12.1. The topological polar surface area (TPSA) is 85.1 Å². The van der Waals surface area contributed by atoms with Crippen molar-refractivity contribution in [2.24, 2.45) is 0 Å². The average Bonchev–Trinajstić information content (AvgIpc) is 3.05. The zero-order valence-electron chi connectivity index (χ0n) is 12.5. The highest BCUT2D eigenvalue weighted by atomic mass is 32.2. The average molecular weight is 355 g/mol. The zero-order valence-corrected chi connectivity index (χ0v) is 13.3. The molecular weight excluding hydrogens is 340 g/mol. The van der Waals surface area contributed by atoms with Crippen LogP contribution in [0.1, 0.15) is 42.9 Å². The number of rotatable bonds is 3. The van der Waals surface area contributed by atoms with Gasteiger partial charge in [-0.3, -0.25) is 0 Å². The van der Waals surface area contributed by atoms with Crippen LogP contribution in [-0.2, 0) is 9.84 Å². The minimum Gasteiger partial charge on any atom is -0.393 e. The molecule has 0 radical (unpaired) electrons. The largest absolute Gasteiger partial charge is 0.393 e. The molecule has 9 heteroatoms. The van der Waals surface area contributed by atoms with Crippen molar-refractivity contribution >= 4 is 9.84 Å². The van der Waals surface area contributed by atoms with Gasteiger partial charge in [-0.05, 0) is 30.5 Å². The van der Waals surface area contributed by atoms with Crippen LogP contribution < -0.4 is 0 Å². The fourth-order valence-corrected chi connectivity index (χ4v) is 4.88. The number of hydrogen-bond acceptors (Lipinski definition) is 5. The molecule has 1 aromatic heterocycles. The van der Waals surface area contributed by atoms with E-state index in [0.717, 1.165) is 0 Å². The monoisotopic (exact) mass is 355 g/mol. The lowest BCUT2D eigenvalue weighted by Gasteiger charge is -2.29. The first-order valence-electron chi connectivity index (χ1n) is 7.64. The zero-order chi connectivity index (χ0) is 17.1. The normalized spacial score (nSPS) is 29.3. The quantitative estimate of drug-likeness (QED) is 0.906. The molecule has 2 aromatic rings. The molecule has 128 valence electrons. The number of halogens is 2. The van der Waals surface area contributed by atoms with E-state index < -0.39 is 44.4 Å². The van der Waals surface area contributed by atoms with E-state index in [1.165, 1.54) is 22.9 Å². The Morgan fingerprint density at radius 3 is 2.67 bits per heavy atom. The maximum absolute atomic E-state index is 14.3. The number of nitrogens with zero attached hydrogens (tertiary/aromatic N) is 3. The number of hydrogen-bond donors (Lipinski definition) is 1.